The summed E-state index contributed by atoms with van der Waals surface area (Å²) in [4.78, 5) is 15.5. The standard InChI is InChI=1S/C11H15NO2/c1-6-10(8(3)13)5-11(9(4)14)7(2)12-6/h5,8,13H,1-4H3. The van der Waals surface area contributed by atoms with Crippen LogP contribution < -0.4 is 0 Å². The third-order valence-corrected chi connectivity index (χ3v) is 2.27. The molecule has 14 heavy (non-hydrogen) atoms. The highest BCUT2D eigenvalue weighted by atomic mass is 16.3. The van der Waals surface area contributed by atoms with E-state index in [-0.39, 0.29) is 5.78 Å². The number of rotatable bonds is 2. The van der Waals surface area contributed by atoms with Gasteiger partial charge in [0.2, 0.25) is 0 Å². The van der Waals surface area contributed by atoms with E-state index in [2.05, 4.69) is 4.98 Å². The number of pyridine rings is 1. The second-order valence-corrected chi connectivity index (χ2v) is 3.53. The summed E-state index contributed by atoms with van der Waals surface area (Å²) in [5, 5.41) is 9.45. The lowest BCUT2D eigenvalue weighted by molar-refractivity contribution is 0.101. The molecule has 0 aliphatic heterocycles. The highest BCUT2D eigenvalue weighted by Crippen LogP contribution is 2.19. The van der Waals surface area contributed by atoms with Crippen LogP contribution in [0.25, 0.3) is 0 Å². The van der Waals surface area contributed by atoms with Crippen molar-refractivity contribution in [3.8, 4) is 0 Å². The van der Waals surface area contributed by atoms with Crippen LogP contribution in [0.2, 0.25) is 0 Å². The van der Waals surface area contributed by atoms with Crippen LogP contribution in [0, 0.1) is 13.8 Å². The van der Waals surface area contributed by atoms with Crippen LogP contribution in [0.5, 0.6) is 0 Å². The first kappa shape index (κ1) is 10.9. The molecule has 1 atom stereocenters. The minimum absolute atomic E-state index is 0.0168. The maximum Gasteiger partial charge on any atom is 0.161 e. The van der Waals surface area contributed by atoms with Gasteiger partial charge >= 0.3 is 0 Å². The predicted octanol–water partition coefficient (Wildman–Crippen LogP) is 1.95. The van der Waals surface area contributed by atoms with Gasteiger partial charge in [0.25, 0.3) is 0 Å². The Bertz CT molecular complexity index is 370. The molecule has 76 valence electrons. The molecule has 0 fully saturated rings. The molecule has 0 aliphatic rings. The zero-order valence-corrected chi connectivity index (χ0v) is 8.96. The zero-order valence-electron chi connectivity index (χ0n) is 8.96. The van der Waals surface area contributed by atoms with E-state index >= 15 is 0 Å². The van der Waals surface area contributed by atoms with Crippen molar-refractivity contribution in [3.63, 3.8) is 0 Å². The average molecular weight is 193 g/mol. The van der Waals surface area contributed by atoms with Crippen molar-refractivity contribution in [2.45, 2.75) is 33.8 Å². The molecule has 0 radical (unpaired) electrons. The molecule has 0 saturated heterocycles. The van der Waals surface area contributed by atoms with Gasteiger partial charge in [-0.25, -0.2) is 0 Å². The van der Waals surface area contributed by atoms with E-state index in [1.807, 2.05) is 6.92 Å². The Hall–Kier alpha value is -1.22. The van der Waals surface area contributed by atoms with E-state index in [1.54, 1.807) is 19.9 Å². The van der Waals surface area contributed by atoms with Crippen molar-refractivity contribution in [3.05, 3.63) is 28.6 Å². The second-order valence-electron chi connectivity index (χ2n) is 3.53. The zero-order chi connectivity index (χ0) is 10.9. The van der Waals surface area contributed by atoms with Crippen molar-refractivity contribution in [1.82, 2.24) is 4.98 Å². The van der Waals surface area contributed by atoms with Crippen LogP contribution in [0.15, 0.2) is 6.07 Å². The summed E-state index contributed by atoms with van der Waals surface area (Å²) in [5.41, 5.74) is 2.81. The number of Topliss-reactive ketones (excluding diaryl/α,β-unsaturated/α-hetero) is 1. The van der Waals surface area contributed by atoms with E-state index in [1.165, 1.54) is 6.92 Å². The van der Waals surface area contributed by atoms with E-state index in [0.717, 1.165) is 17.0 Å². The number of nitrogens with zero attached hydrogens (tertiary/aromatic N) is 1. The first-order chi connectivity index (χ1) is 6.43. The number of aliphatic hydroxyl groups is 1. The van der Waals surface area contributed by atoms with Gasteiger partial charge in [-0.05, 0) is 33.8 Å². The highest BCUT2D eigenvalue weighted by molar-refractivity contribution is 5.95. The molecule has 0 aliphatic carbocycles. The fourth-order valence-corrected chi connectivity index (χ4v) is 1.52. The lowest BCUT2D eigenvalue weighted by Crippen LogP contribution is -2.05. The number of carbonyl (C=O) groups excluding carboxylic acids is 1. The third-order valence-electron chi connectivity index (χ3n) is 2.27. The maximum atomic E-state index is 11.2. The first-order valence-electron chi connectivity index (χ1n) is 4.60. The van der Waals surface area contributed by atoms with Crippen molar-refractivity contribution >= 4 is 5.78 Å². The Morgan fingerprint density at radius 3 is 2.43 bits per heavy atom. The third kappa shape index (κ3) is 1.99. The predicted molar refractivity (Wildman–Crippen MR) is 54.3 cm³/mol. The number of hydrogen-bond donors (Lipinski definition) is 1. The molecule has 0 spiro atoms. The van der Waals surface area contributed by atoms with Crippen LogP contribution in [0.4, 0.5) is 0 Å². The molecule has 1 aromatic heterocycles. The summed E-state index contributed by atoms with van der Waals surface area (Å²) in [7, 11) is 0. The Balaban J connectivity index is 3.34. The summed E-state index contributed by atoms with van der Waals surface area (Å²) in [6, 6.07) is 1.73. The summed E-state index contributed by atoms with van der Waals surface area (Å²) in [6.07, 6.45) is -0.582. The van der Waals surface area contributed by atoms with Crippen molar-refractivity contribution in [1.29, 1.82) is 0 Å². The Morgan fingerprint density at radius 2 is 2.00 bits per heavy atom. The lowest BCUT2D eigenvalue weighted by Gasteiger charge is -2.11. The van der Waals surface area contributed by atoms with Crippen LogP contribution in [-0.4, -0.2) is 15.9 Å². The van der Waals surface area contributed by atoms with Crippen molar-refractivity contribution in [2.75, 3.05) is 0 Å². The molecule has 0 aromatic carbocycles. The van der Waals surface area contributed by atoms with E-state index in [9.17, 15) is 9.90 Å². The van der Waals surface area contributed by atoms with Gasteiger partial charge in [0.05, 0.1) is 6.10 Å². The molecule has 3 heteroatoms. The van der Waals surface area contributed by atoms with Crippen LogP contribution in [-0.2, 0) is 0 Å². The SMILES string of the molecule is CC(=O)c1cc(C(C)O)c(C)nc1C. The molecule has 3 nitrogen and oxygen atoms in total. The van der Waals surface area contributed by atoms with Gasteiger partial charge in [-0.1, -0.05) is 0 Å². The number of aromatic nitrogens is 1. The summed E-state index contributed by atoms with van der Waals surface area (Å²) in [6.45, 7) is 6.81. The van der Waals surface area contributed by atoms with Gasteiger partial charge in [-0.2, -0.15) is 0 Å². The molecular weight excluding hydrogens is 178 g/mol. The average Bonchev–Trinajstić information content (AvgIpc) is 2.02. The monoisotopic (exact) mass is 193 g/mol. The molecule has 1 rings (SSSR count). The van der Waals surface area contributed by atoms with Gasteiger partial charge in [0.1, 0.15) is 0 Å². The summed E-state index contributed by atoms with van der Waals surface area (Å²) >= 11 is 0. The molecule has 1 N–H and O–H groups in total. The quantitative estimate of drug-likeness (QED) is 0.730. The first-order valence-corrected chi connectivity index (χ1v) is 4.60. The second kappa shape index (κ2) is 3.88. The van der Waals surface area contributed by atoms with Crippen LogP contribution in [0.1, 0.15) is 47.3 Å². The highest BCUT2D eigenvalue weighted by Gasteiger charge is 2.12. The van der Waals surface area contributed by atoms with Gasteiger partial charge in [-0.15, -0.1) is 0 Å². The minimum Gasteiger partial charge on any atom is -0.389 e. The fraction of sp³-hybridized carbons (Fsp3) is 0.455. The smallest absolute Gasteiger partial charge is 0.161 e. The molecule has 1 unspecified atom stereocenters. The summed E-state index contributed by atoms with van der Waals surface area (Å²) in [5.74, 6) is -0.0168. The fourth-order valence-electron chi connectivity index (χ4n) is 1.52. The van der Waals surface area contributed by atoms with Gasteiger partial charge in [-0.3, -0.25) is 9.78 Å². The number of aryl methyl sites for hydroxylation is 2. The van der Waals surface area contributed by atoms with E-state index in [4.69, 9.17) is 0 Å². The normalized spacial score (nSPS) is 12.6. The van der Waals surface area contributed by atoms with E-state index < -0.39 is 6.10 Å². The Kier molecular flexibility index (Phi) is 3.01. The Morgan fingerprint density at radius 1 is 1.43 bits per heavy atom. The molecular formula is C11H15NO2. The minimum atomic E-state index is -0.582. The molecule has 0 bridgehead atoms. The van der Waals surface area contributed by atoms with E-state index in [0.29, 0.717) is 5.56 Å². The van der Waals surface area contributed by atoms with Gasteiger partial charge in [0, 0.05) is 22.5 Å². The van der Waals surface area contributed by atoms with Crippen LogP contribution in [0.3, 0.4) is 0 Å². The van der Waals surface area contributed by atoms with Gasteiger partial charge < -0.3 is 5.11 Å². The largest absolute Gasteiger partial charge is 0.389 e. The van der Waals surface area contributed by atoms with Crippen molar-refractivity contribution < 1.29 is 9.90 Å². The molecule has 1 aromatic rings. The Labute approximate surface area is 83.8 Å². The molecule has 1 heterocycles. The summed E-state index contributed by atoms with van der Waals surface area (Å²) < 4.78 is 0. The number of hydrogen-bond acceptors (Lipinski definition) is 3. The van der Waals surface area contributed by atoms with Gasteiger partial charge in [0.15, 0.2) is 5.78 Å². The number of ketones is 1. The number of aliphatic hydroxyl groups excluding tert-OH is 1. The topological polar surface area (TPSA) is 50.2 Å². The van der Waals surface area contributed by atoms with Crippen LogP contribution >= 0.6 is 0 Å². The molecule has 0 saturated carbocycles. The lowest BCUT2D eigenvalue weighted by atomic mass is 10.0. The maximum absolute atomic E-state index is 11.2. The number of carbonyl (C=O) groups is 1. The molecule has 0 amide bonds. The van der Waals surface area contributed by atoms with Crippen molar-refractivity contribution in [2.24, 2.45) is 0 Å².